The lowest BCUT2D eigenvalue weighted by Gasteiger charge is -2.38. The summed E-state index contributed by atoms with van der Waals surface area (Å²) in [6, 6.07) is 5.81. The second-order valence-electron chi connectivity index (χ2n) is 9.55. The zero-order chi connectivity index (χ0) is 26.4. The van der Waals surface area contributed by atoms with Crippen LogP contribution in [0.25, 0.3) is 6.08 Å². The van der Waals surface area contributed by atoms with Crippen molar-refractivity contribution in [1.82, 2.24) is 25.4 Å². The van der Waals surface area contributed by atoms with Crippen molar-refractivity contribution in [3.05, 3.63) is 53.1 Å². The standard InChI is InChI=1S/C26H32FN5O4S/c1-17(33)37-23-11-13-31(25(26(35)18-9-10-18)21-6-2-3-7-22(21)27)16-19(23)14-20-15-28-30-32(20)12-5-4-8-24(34)29-36/h2-3,6-7,14-15,18,23,25,36H,4-5,8-13,16H2,1H3,(H,29,34)/b19-14-. The Morgan fingerprint density at radius 3 is 2.73 bits per heavy atom. The number of likely N-dealkylation sites (tertiary alicyclic amines) is 1. The monoisotopic (exact) mass is 529 g/mol. The third kappa shape index (κ3) is 7.12. The number of thioether (sulfide) groups is 1. The van der Waals surface area contributed by atoms with Crippen LogP contribution in [0.3, 0.4) is 0 Å². The minimum absolute atomic E-state index is 0.0119. The van der Waals surface area contributed by atoms with Crippen LogP contribution in [0, 0.1) is 11.7 Å². The topological polar surface area (TPSA) is 117 Å². The van der Waals surface area contributed by atoms with Crippen LogP contribution in [0.1, 0.15) is 62.7 Å². The van der Waals surface area contributed by atoms with Gasteiger partial charge in [0.2, 0.25) is 5.91 Å². The number of nitrogens with zero attached hydrogens (tertiary/aromatic N) is 4. The molecule has 37 heavy (non-hydrogen) atoms. The lowest BCUT2D eigenvalue weighted by molar-refractivity contribution is -0.129. The first-order chi connectivity index (χ1) is 17.9. The van der Waals surface area contributed by atoms with Crippen LogP contribution < -0.4 is 5.48 Å². The highest BCUT2D eigenvalue weighted by Crippen LogP contribution is 2.40. The van der Waals surface area contributed by atoms with Gasteiger partial charge in [-0.15, -0.1) is 5.10 Å². The summed E-state index contributed by atoms with van der Waals surface area (Å²) in [6.45, 7) is 3.07. The maximum absolute atomic E-state index is 14.9. The SMILES string of the molecule is CC(=O)SC1CCN(C(C(=O)C2CC2)c2ccccc2F)C/C1=C/c1cnnn1CCCCC(=O)NO. The predicted molar refractivity (Wildman–Crippen MR) is 137 cm³/mol. The number of amides is 1. The second-order valence-corrected chi connectivity index (χ2v) is 10.9. The van der Waals surface area contributed by atoms with Gasteiger partial charge in [-0.3, -0.25) is 24.5 Å². The molecule has 2 atom stereocenters. The number of ketones is 1. The van der Waals surface area contributed by atoms with Crippen molar-refractivity contribution in [3.63, 3.8) is 0 Å². The van der Waals surface area contributed by atoms with Gasteiger partial charge in [0.1, 0.15) is 5.82 Å². The molecule has 1 aromatic carbocycles. The van der Waals surface area contributed by atoms with Gasteiger partial charge < -0.3 is 0 Å². The lowest BCUT2D eigenvalue weighted by Crippen LogP contribution is -2.43. The van der Waals surface area contributed by atoms with Crippen molar-refractivity contribution in [1.29, 1.82) is 0 Å². The minimum atomic E-state index is -0.666. The number of aromatic nitrogens is 3. The van der Waals surface area contributed by atoms with Crippen molar-refractivity contribution >= 4 is 34.6 Å². The lowest BCUT2D eigenvalue weighted by atomic mass is 9.93. The third-order valence-electron chi connectivity index (χ3n) is 6.73. The van der Waals surface area contributed by atoms with Gasteiger partial charge in [0.15, 0.2) is 10.9 Å². The Hall–Kier alpha value is -2.89. The Morgan fingerprint density at radius 2 is 2.03 bits per heavy atom. The second kappa shape index (κ2) is 12.6. The molecule has 4 rings (SSSR count). The number of benzene rings is 1. The molecule has 2 fully saturated rings. The van der Waals surface area contributed by atoms with Crippen LogP contribution in [-0.2, 0) is 20.9 Å². The fraction of sp³-hybridized carbons (Fsp3) is 0.500. The Bertz CT molecular complexity index is 1170. The molecular weight excluding hydrogens is 497 g/mol. The van der Waals surface area contributed by atoms with Gasteiger partial charge in [-0.25, -0.2) is 14.6 Å². The molecule has 1 aromatic heterocycles. The molecule has 2 N–H and O–H groups in total. The highest BCUT2D eigenvalue weighted by Gasteiger charge is 2.41. The van der Waals surface area contributed by atoms with Crippen LogP contribution in [0.5, 0.6) is 0 Å². The van der Waals surface area contributed by atoms with Crippen molar-refractivity contribution in [2.45, 2.75) is 63.3 Å². The summed E-state index contributed by atoms with van der Waals surface area (Å²) in [4.78, 5) is 38.6. The number of Topliss-reactive ketones (excluding diaryl/α,β-unsaturated/α-hetero) is 1. The van der Waals surface area contributed by atoms with E-state index in [9.17, 15) is 18.8 Å². The molecule has 1 amide bonds. The van der Waals surface area contributed by atoms with E-state index in [4.69, 9.17) is 5.21 Å². The smallest absolute Gasteiger partial charge is 0.243 e. The zero-order valence-electron chi connectivity index (χ0n) is 20.8. The first-order valence-corrected chi connectivity index (χ1v) is 13.5. The van der Waals surface area contributed by atoms with Gasteiger partial charge >= 0.3 is 0 Å². The van der Waals surface area contributed by atoms with E-state index in [1.54, 1.807) is 41.5 Å². The number of unbranched alkanes of at least 4 members (excludes halogenated alkanes) is 1. The van der Waals surface area contributed by atoms with E-state index in [1.165, 1.54) is 17.8 Å². The average Bonchev–Trinajstić information content (AvgIpc) is 3.64. The Morgan fingerprint density at radius 1 is 1.24 bits per heavy atom. The molecule has 0 spiro atoms. The van der Waals surface area contributed by atoms with Gasteiger partial charge in [-0.05, 0) is 49.8 Å². The van der Waals surface area contributed by atoms with E-state index < -0.39 is 11.9 Å². The number of hydrogen-bond donors (Lipinski definition) is 2. The maximum Gasteiger partial charge on any atom is 0.243 e. The number of carbonyl (C=O) groups is 3. The van der Waals surface area contributed by atoms with Crippen LogP contribution in [0.2, 0.25) is 0 Å². The number of carbonyl (C=O) groups excluding carboxylic acids is 3. The summed E-state index contributed by atoms with van der Waals surface area (Å²) in [5.74, 6) is -0.789. The fourth-order valence-electron chi connectivity index (χ4n) is 4.74. The summed E-state index contributed by atoms with van der Waals surface area (Å²) in [5, 5.41) is 16.8. The predicted octanol–water partition coefficient (Wildman–Crippen LogP) is 3.55. The number of hydrogen-bond acceptors (Lipinski definition) is 8. The molecule has 0 radical (unpaired) electrons. The zero-order valence-corrected chi connectivity index (χ0v) is 21.6. The van der Waals surface area contributed by atoms with Crippen molar-refractivity contribution in [2.75, 3.05) is 13.1 Å². The highest BCUT2D eigenvalue weighted by atomic mass is 32.2. The summed E-state index contributed by atoms with van der Waals surface area (Å²) in [7, 11) is 0. The number of rotatable bonds is 11. The summed E-state index contributed by atoms with van der Waals surface area (Å²) < 4.78 is 16.6. The molecule has 1 saturated carbocycles. The molecule has 2 aromatic rings. The van der Waals surface area contributed by atoms with Gasteiger partial charge in [0.25, 0.3) is 0 Å². The van der Waals surface area contributed by atoms with E-state index in [0.29, 0.717) is 44.5 Å². The van der Waals surface area contributed by atoms with Crippen molar-refractivity contribution in [3.8, 4) is 0 Å². The maximum atomic E-state index is 14.9. The summed E-state index contributed by atoms with van der Waals surface area (Å²) >= 11 is 1.27. The van der Waals surface area contributed by atoms with Crippen LogP contribution in [-0.4, -0.2) is 60.2 Å². The van der Waals surface area contributed by atoms with Crippen LogP contribution in [0.15, 0.2) is 36.0 Å². The van der Waals surface area contributed by atoms with Gasteiger partial charge in [0, 0.05) is 49.7 Å². The number of piperidine rings is 1. The van der Waals surface area contributed by atoms with E-state index in [0.717, 1.165) is 24.1 Å². The molecule has 1 aliphatic carbocycles. The van der Waals surface area contributed by atoms with Crippen LogP contribution >= 0.6 is 11.8 Å². The Kier molecular flexibility index (Phi) is 9.23. The molecule has 2 unspecified atom stereocenters. The molecule has 1 saturated heterocycles. The van der Waals surface area contributed by atoms with Crippen LogP contribution in [0.4, 0.5) is 4.39 Å². The number of aryl methyl sites for hydroxylation is 1. The largest absolute Gasteiger partial charge is 0.297 e. The normalized spacial score (nSPS) is 20.1. The molecular formula is C26H32FN5O4S. The quantitative estimate of drug-likeness (QED) is 0.258. The van der Waals surface area contributed by atoms with E-state index in [2.05, 4.69) is 10.3 Å². The first-order valence-electron chi connectivity index (χ1n) is 12.6. The molecule has 11 heteroatoms. The highest BCUT2D eigenvalue weighted by molar-refractivity contribution is 8.14. The third-order valence-corrected chi connectivity index (χ3v) is 7.88. The van der Waals surface area contributed by atoms with Gasteiger partial charge in [0.05, 0.1) is 17.9 Å². The van der Waals surface area contributed by atoms with Gasteiger partial charge in [-0.2, -0.15) is 0 Å². The van der Waals surface area contributed by atoms with Crippen molar-refractivity contribution < 1.29 is 24.0 Å². The molecule has 2 heterocycles. The van der Waals surface area contributed by atoms with Crippen molar-refractivity contribution in [2.24, 2.45) is 5.92 Å². The number of halogens is 1. The molecule has 0 bridgehead atoms. The first kappa shape index (κ1) is 27.2. The van der Waals surface area contributed by atoms with Gasteiger partial charge in [-0.1, -0.05) is 35.2 Å². The molecule has 9 nitrogen and oxygen atoms in total. The molecule has 1 aliphatic heterocycles. The average molecular weight is 530 g/mol. The number of nitrogens with one attached hydrogen (secondary N) is 1. The Labute approximate surface area is 219 Å². The Balaban J connectivity index is 1.57. The van der Waals surface area contributed by atoms with E-state index in [-0.39, 0.29) is 34.3 Å². The summed E-state index contributed by atoms with van der Waals surface area (Å²) in [6.07, 6.45) is 7.39. The molecule has 198 valence electrons. The van der Waals surface area contributed by atoms with E-state index in [1.807, 2.05) is 11.0 Å². The minimum Gasteiger partial charge on any atom is -0.297 e. The van der Waals surface area contributed by atoms with E-state index >= 15 is 0 Å². The number of hydroxylamine groups is 1. The fourth-order valence-corrected chi connectivity index (χ4v) is 5.66. The summed E-state index contributed by atoms with van der Waals surface area (Å²) in [5.41, 5.74) is 3.74. The molecule has 2 aliphatic rings.